The summed E-state index contributed by atoms with van der Waals surface area (Å²) in [6, 6.07) is 8.74. The van der Waals surface area contributed by atoms with E-state index in [0.717, 1.165) is 46.8 Å². The predicted octanol–water partition coefficient (Wildman–Crippen LogP) is 5.14. The molecule has 1 saturated heterocycles. The number of aromatic nitrogens is 4. The number of aromatic amines is 1. The predicted molar refractivity (Wildman–Crippen MR) is 132 cm³/mol. The summed E-state index contributed by atoms with van der Waals surface area (Å²) in [5.41, 5.74) is 5.31. The molecule has 0 atom stereocenters. The molecule has 1 aliphatic heterocycles. The van der Waals surface area contributed by atoms with Gasteiger partial charge in [-0.1, -0.05) is 6.07 Å². The number of hydrogen-bond acceptors (Lipinski definition) is 6. The molecule has 2 aromatic heterocycles. The van der Waals surface area contributed by atoms with Crippen molar-refractivity contribution in [3.8, 4) is 28.1 Å². The Balaban J connectivity index is 1.45. The van der Waals surface area contributed by atoms with Crippen LogP contribution < -0.4 is 15.4 Å². The van der Waals surface area contributed by atoms with Gasteiger partial charge in [-0.2, -0.15) is 5.10 Å². The molecule has 7 nitrogen and oxygen atoms in total. The third-order valence-corrected chi connectivity index (χ3v) is 6.68. The van der Waals surface area contributed by atoms with Crippen LogP contribution in [0.5, 0.6) is 5.75 Å². The minimum Gasteiger partial charge on any atom is -0.496 e. The van der Waals surface area contributed by atoms with Crippen molar-refractivity contribution in [2.45, 2.75) is 76.4 Å². The van der Waals surface area contributed by atoms with Crippen LogP contribution in [0.3, 0.4) is 0 Å². The van der Waals surface area contributed by atoms with Crippen LogP contribution in [0.25, 0.3) is 22.4 Å². The van der Waals surface area contributed by atoms with Crippen LogP contribution in [0, 0.1) is 0 Å². The van der Waals surface area contributed by atoms with Crippen LogP contribution in [0.4, 0.5) is 5.82 Å². The summed E-state index contributed by atoms with van der Waals surface area (Å²) in [4.78, 5) is 0. The summed E-state index contributed by atoms with van der Waals surface area (Å²) >= 11 is 0. The van der Waals surface area contributed by atoms with Crippen molar-refractivity contribution in [3.63, 3.8) is 0 Å². The first-order valence-corrected chi connectivity index (χ1v) is 11.8. The number of H-pyrrole nitrogens is 1. The molecule has 0 amide bonds. The number of rotatable bonds is 6. The zero-order valence-corrected chi connectivity index (χ0v) is 20.2. The lowest BCUT2D eigenvalue weighted by molar-refractivity contribution is 0.170. The SMILES string of the molecule is COc1cc(-c2cn[nH]c2)ccc1-c1cc(C2CC2)c(NC2CC(C)(C)NC(C)(C)C2)nn1. The van der Waals surface area contributed by atoms with Gasteiger partial charge in [-0.15, -0.1) is 10.2 Å². The topological polar surface area (TPSA) is 87.8 Å². The molecule has 0 bridgehead atoms. The third-order valence-electron chi connectivity index (χ3n) is 6.68. The molecule has 1 aromatic carbocycles. The number of methoxy groups -OCH3 is 1. The standard InChI is InChI=1S/C26H34N6O/c1-25(2)12-19(13-26(3,4)32-25)29-24-21(16-6-7-16)11-22(30-31-24)20-9-8-17(10-23(20)33-5)18-14-27-28-15-18/h8-11,14-16,19,32H,6-7,12-13H2,1-5H3,(H,27,28)(H,29,31). The zero-order chi connectivity index (χ0) is 23.2. The second-order valence-electron chi connectivity index (χ2n) is 10.9. The van der Waals surface area contributed by atoms with E-state index in [1.807, 2.05) is 18.5 Å². The second kappa shape index (κ2) is 8.13. The molecule has 2 aliphatic rings. The molecule has 5 rings (SSSR count). The van der Waals surface area contributed by atoms with Gasteiger partial charge >= 0.3 is 0 Å². The smallest absolute Gasteiger partial charge is 0.152 e. The van der Waals surface area contributed by atoms with E-state index in [-0.39, 0.29) is 11.1 Å². The normalized spacial score (nSPS) is 19.9. The van der Waals surface area contributed by atoms with E-state index < -0.39 is 0 Å². The fourth-order valence-electron chi connectivity index (χ4n) is 5.46. The van der Waals surface area contributed by atoms with Gasteiger partial charge in [0.05, 0.1) is 19.0 Å². The summed E-state index contributed by atoms with van der Waals surface area (Å²) in [5, 5.41) is 23.8. The number of hydrogen-bond donors (Lipinski definition) is 3. The van der Waals surface area contributed by atoms with Gasteiger partial charge in [-0.05, 0) is 83.1 Å². The molecule has 7 heteroatoms. The monoisotopic (exact) mass is 446 g/mol. The molecule has 0 unspecified atom stereocenters. The Morgan fingerprint density at radius 1 is 1.00 bits per heavy atom. The van der Waals surface area contributed by atoms with E-state index in [9.17, 15) is 0 Å². The van der Waals surface area contributed by atoms with Gasteiger partial charge in [-0.25, -0.2) is 0 Å². The van der Waals surface area contributed by atoms with E-state index in [1.165, 1.54) is 18.4 Å². The Bertz CT molecular complexity index is 1120. The molecule has 3 heterocycles. The van der Waals surface area contributed by atoms with Gasteiger partial charge in [0, 0.05) is 40.0 Å². The molecular weight excluding hydrogens is 412 g/mol. The number of anilines is 1. The molecule has 0 spiro atoms. The lowest BCUT2D eigenvalue weighted by Crippen LogP contribution is -2.60. The maximum Gasteiger partial charge on any atom is 0.152 e. The minimum atomic E-state index is 0.0800. The highest BCUT2D eigenvalue weighted by molar-refractivity contribution is 5.75. The number of nitrogens with one attached hydrogen (secondary N) is 3. The number of piperidine rings is 1. The Morgan fingerprint density at radius 2 is 1.76 bits per heavy atom. The van der Waals surface area contributed by atoms with Gasteiger partial charge in [0.25, 0.3) is 0 Å². The fourth-order valence-corrected chi connectivity index (χ4v) is 5.46. The molecular formula is C26H34N6O. The van der Waals surface area contributed by atoms with Crippen molar-refractivity contribution in [2.24, 2.45) is 0 Å². The van der Waals surface area contributed by atoms with Gasteiger partial charge < -0.3 is 15.4 Å². The molecule has 33 heavy (non-hydrogen) atoms. The van der Waals surface area contributed by atoms with Crippen molar-refractivity contribution in [1.82, 2.24) is 25.7 Å². The van der Waals surface area contributed by atoms with Gasteiger partial charge in [-0.3, -0.25) is 5.10 Å². The van der Waals surface area contributed by atoms with E-state index in [4.69, 9.17) is 9.84 Å². The first-order chi connectivity index (χ1) is 15.7. The summed E-state index contributed by atoms with van der Waals surface area (Å²) in [5.74, 6) is 2.28. The zero-order valence-electron chi connectivity index (χ0n) is 20.2. The maximum absolute atomic E-state index is 5.73. The van der Waals surface area contributed by atoms with Gasteiger partial charge in [0.2, 0.25) is 0 Å². The van der Waals surface area contributed by atoms with Crippen LogP contribution >= 0.6 is 0 Å². The summed E-state index contributed by atoms with van der Waals surface area (Å²) in [6.45, 7) is 9.11. The van der Waals surface area contributed by atoms with Crippen molar-refractivity contribution < 1.29 is 4.74 Å². The molecule has 1 saturated carbocycles. The fraction of sp³-hybridized carbons (Fsp3) is 0.500. The van der Waals surface area contributed by atoms with Crippen molar-refractivity contribution in [1.29, 1.82) is 0 Å². The summed E-state index contributed by atoms with van der Waals surface area (Å²) in [6.07, 6.45) is 8.20. The number of ether oxygens (including phenoxy) is 1. The second-order valence-corrected chi connectivity index (χ2v) is 10.9. The van der Waals surface area contributed by atoms with E-state index in [1.54, 1.807) is 7.11 Å². The van der Waals surface area contributed by atoms with Crippen LogP contribution in [0.1, 0.15) is 64.9 Å². The highest BCUT2D eigenvalue weighted by atomic mass is 16.5. The lowest BCUT2D eigenvalue weighted by atomic mass is 9.79. The van der Waals surface area contributed by atoms with Crippen molar-refractivity contribution >= 4 is 5.82 Å². The van der Waals surface area contributed by atoms with Crippen LogP contribution in [0.2, 0.25) is 0 Å². The van der Waals surface area contributed by atoms with Crippen LogP contribution in [-0.2, 0) is 0 Å². The van der Waals surface area contributed by atoms with E-state index in [2.05, 4.69) is 71.8 Å². The van der Waals surface area contributed by atoms with E-state index in [0.29, 0.717) is 12.0 Å². The third kappa shape index (κ3) is 4.74. The molecule has 3 N–H and O–H groups in total. The highest BCUT2D eigenvalue weighted by Crippen LogP contribution is 2.45. The molecule has 174 valence electrons. The quantitative estimate of drug-likeness (QED) is 0.486. The van der Waals surface area contributed by atoms with Crippen molar-refractivity contribution in [2.75, 3.05) is 12.4 Å². The van der Waals surface area contributed by atoms with Crippen molar-refractivity contribution in [3.05, 3.63) is 42.2 Å². The molecule has 0 radical (unpaired) electrons. The summed E-state index contributed by atoms with van der Waals surface area (Å²) in [7, 11) is 1.70. The van der Waals surface area contributed by atoms with E-state index >= 15 is 0 Å². The average molecular weight is 447 g/mol. The lowest BCUT2D eigenvalue weighted by Gasteiger charge is -2.46. The Morgan fingerprint density at radius 3 is 2.39 bits per heavy atom. The first-order valence-electron chi connectivity index (χ1n) is 11.8. The minimum absolute atomic E-state index is 0.0800. The van der Waals surface area contributed by atoms with Crippen LogP contribution in [-0.4, -0.2) is 44.6 Å². The maximum atomic E-state index is 5.73. The Hall–Kier alpha value is -2.93. The summed E-state index contributed by atoms with van der Waals surface area (Å²) < 4.78 is 5.73. The molecule has 2 fully saturated rings. The highest BCUT2D eigenvalue weighted by Gasteiger charge is 2.38. The molecule has 1 aliphatic carbocycles. The largest absolute Gasteiger partial charge is 0.496 e. The Kier molecular flexibility index (Phi) is 5.40. The van der Waals surface area contributed by atoms with Gasteiger partial charge in [0.15, 0.2) is 5.82 Å². The average Bonchev–Trinajstić information content (AvgIpc) is 3.44. The number of nitrogens with zero attached hydrogens (tertiary/aromatic N) is 3. The van der Waals surface area contributed by atoms with Crippen LogP contribution in [0.15, 0.2) is 36.7 Å². The Labute approximate surface area is 195 Å². The molecule has 3 aromatic rings. The van der Waals surface area contributed by atoms with Gasteiger partial charge in [0.1, 0.15) is 5.75 Å². The number of benzene rings is 1. The first kappa shape index (κ1) is 21.9.